The van der Waals surface area contributed by atoms with Crippen LogP contribution in [-0.4, -0.2) is 67.7 Å². The van der Waals surface area contributed by atoms with Crippen LogP contribution in [-0.2, 0) is 14.9 Å². The van der Waals surface area contributed by atoms with Gasteiger partial charge in [0, 0.05) is 42.4 Å². The van der Waals surface area contributed by atoms with Gasteiger partial charge in [0.2, 0.25) is 5.91 Å². The number of carbonyl (C=O) groups excluding carboxylic acids is 3. The molecule has 3 N–H and O–H groups in total. The summed E-state index contributed by atoms with van der Waals surface area (Å²) in [5.74, 6) is -0.466. The molecule has 9 nitrogen and oxygen atoms in total. The predicted molar refractivity (Wildman–Crippen MR) is 143 cm³/mol. The number of amides is 4. The maximum Gasteiger partial charge on any atom is 0.324 e. The molecule has 0 spiro atoms. The lowest BCUT2D eigenvalue weighted by Gasteiger charge is -2.41. The van der Waals surface area contributed by atoms with Crippen LogP contribution >= 0.6 is 11.3 Å². The van der Waals surface area contributed by atoms with E-state index < -0.39 is 11.6 Å². The summed E-state index contributed by atoms with van der Waals surface area (Å²) in [5.41, 5.74) is 0.871. The van der Waals surface area contributed by atoms with Crippen molar-refractivity contribution in [1.29, 1.82) is 0 Å². The number of hydrogen-bond donors (Lipinski definition) is 3. The second kappa shape index (κ2) is 10.1. The van der Waals surface area contributed by atoms with Crippen LogP contribution in [0.4, 0.5) is 21.2 Å². The molecule has 1 aromatic heterocycles. The van der Waals surface area contributed by atoms with Crippen molar-refractivity contribution in [3.8, 4) is 0 Å². The van der Waals surface area contributed by atoms with Gasteiger partial charge in [0.1, 0.15) is 10.5 Å². The molecule has 2 aliphatic heterocycles. The maximum atomic E-state index is 13.6. The van der Waals surface area contributed by atoms with Crippen LogP contribution in [0.5, 0.6) is 0 Å². The molecule has 0 radical (unpaired) electrons. The summed E-state index contributed by atoms with van der Waals surface area (Å²) in [6.07, 6.45) is 0. The molecular formula is C26H35N5O4S. The minimum Gasteiger partial charge on any atom is -0.378 e. The molecule has 4 rings (SSSR count). The highest BCUT2D eigenvalue weighted by Gasteiger charge is 2.42. The Labute approximate surface area is 216 Å². The van der Waals surface area contributed by atoms with Crippen LogP contribution in [0.25, 0.3) is 0 Å². The van der Waals surface area contributed by atoms with Gasteiger partial charge in [0.15, 0.2) is 0 Å². The summed E-state index contributed by atoms with van der Waals surface area (Å²) >= 11 is 1.38. The summed E-state index contributed by atoms with van der Waals surface area (Å²) in [5, 5.41) is 9.08. The van der Waals surface area contributed by atoms with E-state index >= 15 is 0 Å². The molecule has 2 fully saturated rings. The lowest BCUT2D eigenvalue weighted by molar-refractivity contribution is -0.133. The van der Waals surface area contributed by atoms with E-state index in [0.29, 0.717) is 42.6 Å². The zero-order valence-corrected chi connectivity index (χ0v) is 22.4. The van der Waals surface area contributed by atoms with Crippen molar-refractivity contribution in [3.05, 3.63) is 40.8 Å². The minimum absolute atomic E-state index is 0.194. The number of ether oxygens (including phenoxy) is 1. The number of anilines is 3. The van der Waals surface area contributed by atoms with E-state index in [-0.39, 0.29) is 17.2 Å². The van der Waals surface area contributed by atoms with Crippen LogP contribution in [0, 0.1) is 0 Å². The van der Waals surface area contributed by atoms with Crippen LogP contribution in [0.15, 0.2) is 30.3 Å². The molecule has 0 aliphatic carbocycles. The number of piperazine rings is 1. The molecule has 10 heteroatoms. The van der Waals surface area contributed by atoms with Gasteiger partial charge in [-0.2, -0.15) is 0 Å². The van der Waals surface area contributed by atoms with Crippen LogP contribution in [0.1, 0.15) is 49.9 Å². The molecule has 1 aromatic carbocycles. The van der Waals surface area contributed by atoms with Crippen molar-refractivity contribution in [1.82, 2.24) is 10.2 Å². The number of morpholine rings is 1. The number of benzene rings is 1. The number of thiophene rings is 1. The molecule has 0 unspecified atom stereocenters. The highest BCUT2D eigenvalue weighted by atomic mass is 32.1. The van der Waals surface area contributed by atoms with Gasteiger partial charge in [-0.3, -0.25) is 14.9 Å². The Hall–Kier alpha value is -3.11. The molecule has 0 saturated carbocycles. The smallest absolute Gasteiger partial charge is 0.324 e. The van der Waals surface area contributed by atoms with Gasteiger partial charge in [0.25, 0.3) is 5.91 Å². The van der Waals surface area contributed by atoms with Crippen LogP contribution < -0.4 is 20.9 Å². The third-order valence-corrected chi connectivity index (χ3v) is 7.98. The van der Waals surface area contributed by atoms with E-state index in [4.69, 9.17) is 4.74 Å². The van der Waals surface area contributed by atoms with Gasteiger partial charge in [-0.05, 0) is 43.5 Å². The van der Waals surface area contributed by atoms with Gasteiger partial charge in [0.05, 0.1) is 18.8 Å². The Balaban J connectivity index is 1.55. The zero-order chi connectivity index (χ0) is 26.1. The first-order valence-electron chi connectivity index (χ1n) is 12.2. The van der Waals surface area contributed by atoms with Gasteiger partial charge < -0.3 is 25.2 Å². The quantitative estimate of drug-likeness (QED) is 0.576. The van der Waals surface area contributed by atoms with E-state index in [0.717, 1.165) is 23.7 Å². The van der Waals surface area contributed by atoms with E-state index in [1.165, 1.54) is 11.3 Å². The topological polar surface area (TPSA) is 103 Å². The molecule has 36 heavy (non-hydrogen) atoms. The Morgan fingerprint density at radius 2 is 1.81 bits per heavy atom. The number of rotatable bonds is 4. The van der Waals surface area contributed by atoms with Gasteiger partial charge in [-0.1, -0.05) is 26.8 Å². The molecule has 2 aromatic rings. The monoisotopic (exact) mass is 513 g/mol. The van der Waals surface area contributed by atoms with Gasteiger partial charge in [-0.15, -0.1) is 11.3 Å². The first-order chi connectivity index (χ1) is 17.0. The Morgan fingerprint density at radius 1 is 1.08 bits per heavy atom. The van der Waals surface area contributed by atoms with E-state index in [1.807, 2.05) is 30.3 Å². The summed E-state index contributed by atoms with van der Waals surface area (Å²) in [6, 6.07) is 9.09. The summed E-state index contributed by atoms with van der Waals surface area (Å²) in [6.45, 7) is 13.4. The average Bonchev–Trinajstić information content (AvgIpc) is 3.25. The summed E-state index contributed by atoms with van der Waals surface area (Å²) in [4.78, 5) is 43.9. The SMILES string of the molecule is CC(C)(C)c1cc(C(=O)N2CCNC(=O)C2(C)C)c(NC(=O)Nc2cccc(N3CCOCC3)c2)s1. The number of nitrogens with zero attached hydrogens (tertiary/aromatic N) is 2. The van der Waals surface area contributed by atoms with Crippen molar-refractivity contribution >= 4 is 45.6 Å². The van der Waals surface area contributed by atoms with E-state index in [1.54, 1.807) is 18.7 Å². The molecular weight excluding hydrogens is 478 g/mol. The second-order valence-electron chi connectivity index (χ2n) is 10.6. The van der Waals surface area contributed by atoms with E-state index in [9.17, 15) is 14.4 Å². The standard InChI is InChI=1S/C26H35N5O4S/c1-25(2,3)20-16-19(22(32)31-10-9-27-23(33)26(31,4)5)21(36-20)29-24(34)28-17-7-6-8-18(15-17)30-11-13-35-14-12-30/h6-8,15-16H,9-14H2,1-5H3,(H,27,33)(H2,28,29,34). The lowest BCUT2D eigenvalue weighted by atomic mass is 9.93. The first-order valence-corrected chi connectivity index (χ1v) is 13.0. The highest BCUT2D eigenvalue weighted by molar-refractivity contribution is 7.16. The highest BCUT2D eigenvalue weighted by Crippen LogP contribution is 2.38. The normalized spacial score (nSPS) is 18.0. The first kappa shape index (κ1) is 26.0. The molecule has 4 amide bonds. The van der Waals surface area contributed by atoms with E-state index in [2.05, 4.69) is 41.6 Å². The minimum atomic E-state index is -0.987. The zero-order valence-electron chi connectivity index (χ0n) is 21.6. The maximum absolute atomic E-state index is 13.6. The second-order valence-corrected chi connectivity index (χ2v) is 11.7. The molecule has 2 aliphatic rings. The number of urea groups is 1. The molecule has 3 heterocycles. The third kappa shape index (κ3) is 5.49. The Bertz CT molecular complexity index is 1150. The van der Waals surface area contributed by atoms with Crippen molar-refractivity contribution in [2.75, 3.05) is 54.9 Å². The third-order valence-electron chi connectivity index (χ3n) is 6.51. The number of carbonyl (C=O) groups is 3. The fourth-order valence-corrected chi connectivity index (χ4v) is 5.38. The van der Waals surface area contributed by atoms with Crippen molar-refractivity contribution in [3.63, 3.8) is 0 Å². The predicted octanol–water partition coefficient (Wildman–Crippen LogP) is 3.88. The molecule has 0 atom stereocenters. The number of nitrogens with one attached hydrogen (secondary N) is 3. The van der Waals surface area contributed by atoms with Crippen LogP contribution in [0.3, 0.4) is 0 Å². The number of hydrogen-bond acceptors (Lipinski definition) is 6. The average molecular weight is 514 g/mol. The molecule has 0 bridgehead atoms. The summed E-state index contributed by atoms with van der Waals surface area (Å²) < 4.78 is 5.43. The lowest BCUT2D eigenvalue weighted by Crippen LogP contribution is -2.63. The molecule has 2 saturated heterocycles. The fraction of sp³-hybridized carbons (Fsp3) is 0.500. The Kier molecular flexibility index (Phi) is 7.28. The fourth-order valence-electron chi connectivity index (χ4n) is 4.28. The van der Waals surface area contributed by atoms with Crippen molar-refractivity contribution in [2.45, 2.75) is 45.6 Å². The van der Waals surface area contributed by atoms with Gasteiger partial charge >= 0.3 is 6.03 Å². The van der Waals surface area contributed by atoms with Crippen LogP contribution in [0.2, 0.25) is 0 Å². The van der Waals surface area contributed by atoms with Crippen molar-refractivity contribution in [2.24, 2.45) is 0 Å². The summed E-state index contributed by atoms with van der Waals surface area (Å²) in [7, 11) is 0. The Morgan fingerprint density at radius 3 is 2.50 bits per heavy atom. The van der Waals surface area contributed by atoms with Gasteiger partial charge in [-0.25, -0.2) is 4.79 Å². The largest absolute Gasteiger partial charge is 0.378 e. The van der Waals surface area contributed by atoms with Crippen molar-refractivity contribution < 1.29 is 19.1 Å². The molecule has 194 valence electrons.